The van der Waals surface area contributed by atoms with Crippen molar-refractivity contribution in [2.45, 2.75) is 19.4 Å². The van der Waals surface area contributed by atoms with Crippen LogP contribution in [-0.4, -0.2) is 44.8 Å². The number of hydrogen-bond acceptors (Lipinski definition) is 5. The second-order valence-corrected chi connectivity index (χ2v) is 6.89. The number of carboxylic acid groups (broad SMARTS) is 1. The summed E-state index contributed by atoms with van der Waals surface area (Å²) in [7, 11) is 0. The molecule has 1 aromatic heterocycles. The third-order valence-corrected chi connectivity index (χ3v) is 4.98. The zero-order chi connectivity index (χ0) is 22.0. The third-order valence-electron chi connectivity index (χ3n) is 4.98. The first-order valence-corrected chi connectivity index (χ1v) is 9.66. The Morgan fingerprint density at radius 1 is 1.16 bits per heavy atom. The number of aromatic amines is 1. The van der Waals surface area contributed by atoms with E-state index in [4.69, 9.17) is 0 Å². The van der Waals surface area contributed by atoms with E-state index in [-0.39, 0.29) is 17.8 Å². The van der Waals surface area contributed by atoms with E-state index in [9.17, 15) is 19.5 Å². The second-order valence-electron chi connectivity index (χ2n) is 6.89. The zero-order valence-corrected chi connectivity index (χ0v) is 16.6. The highest BCUT2D eigenvalue weighted by Crippen LogP contribution is 2.31. The van der Waals surface area contributed by atoms with Crippen LogP contribution in [0.4, 0.5) is 5.69 Å². The van der Waals surface area contributed by atoms with Crippen molar-refractivity contribution >= 4 is 29.2 Å². The molecule has 0 bridgehead atoms. The van der Waals surface area contributed by atoms with Gasteiger partial charge in [0.2, 0.25) is 0 Å². The molecule has 0 aliphatic carbocycles. The zero-order valence-electron chi connectivity index (χ0n) is 16.6. The number of carbonyl (C=O) groups excluding carboxylic acids is 2. The first kappa shape index (κ1) is 20.0. The van der Waals surface area contributed by atoms with Crippen LogP contribution in [-0.2, 0) is 9.59 Å². The lowest BCUT2D eigenvalue weighted by atomic mass is 10.1. The van der Waals surface area contributed by atoms with Gasteiger partial charge in [-0.3, -0.25) is 19.6 Å². The molecule has 31 heavy (non-hydrogen) atoms. The molecule has 9 heteroatoms. The molecule has 9 nitrogen and oxygen atoms in total. The first-order valence-electron chi connectivity index (χ1n) is 9.66. The summed E-state index contributed by atoms with van der Waals surface area (Å²) in [5.41, 5.74) is 4.87. The lowest BCUT2D eigenvalue weighted by Gasteiger charge is -2.23. The lowest BCUT2D eigenvalue weighted by Crippen LogP contribution is -2.44. The summed E-state index contributed by atoms with van der Waals surface area (Å²) in [5.74, 6) is -2.26. The Kier molecular flexibility index (Phi) is 5.31. The molecule has 2 aromatic carbocycles. The summed E-state index contributed by atoms with van der Waals surface area (Å²) in [5, 5.41) is 20.3. The Morgan fingerprint density at radius 2 is 1.87 bits per heavy atom. The number of carboxylic acids is 1. The maximum absolute atomic E-state index is 13.0. The number of hydrogen-bond donors (Lipinski definition) is 3. The van der Waals surface area contributed by atoms with E-state index in [2.05, 4.69) is 20.7 Å². The molecular formula is C22H19N5O4. The van der Waals surface area contributed by atoms with E-state index in [0.29, 0.717) is 16.9 Å². The Balaban J connectivity index is 1.59. The molecule has 0 fully saturated rings. The molecule has 0 radical (unpaired) electrons. The summed E-state index contributed by atoms with van der Waals surface area (Å²) in [6.45, 7) is 1.69. The largest absolute Gasteiger partial charge is 0.480 e. The van der Waals surface area contributed by atoms with Crippen LogP contribution in [0.15, 0.2) is 65.8 Å². The van der Waals surface area contributed by atoms with Crippen molar-refractivity contribution < 1.29 is 19.5 Å². The van der Waals surface area contributed by atoms with Crippen LogP contribution in [0.3, 0.4) is 0 Å². The van der Waals surface area contributed by atoms with Gasteiger partial charge in [-0.15, -0.1) is 0 Å². The monoisotopic (exact) mass is 417 g/mol. The number of aliphatic carboxylic acids is 1. The number of para-hydroxylation sites is 1. The van der Waals surface area contributed by atoms with Gasteiger partial charge in [0.1, 0.15) is 11.7 Å². The first-order chi connectivity index (χ1) is 15.0. The van der Waals surface area contributed by atoms with Crippen LogP contribution in [0, 0.1) is 0 Å². The summed E-state index contributed by atoms with van der Waals surface area (Å²) in [6.07, 6.45) is 0.228. The number of rotatable bonds is 6. The van der Waals surface area contributed by atoms with Crippen molar-refractivity contribution in [1.29, 1.82) is 0 Å². The van der Waals surface area contributed by atoms with Gasteiger partial charge in [-0.25, -0.2) is 10.2 Å². The van der Waals surface area contributed by atoms with Gasteiger partial charge >= 0.3 is 5.97 Å². The molecule has 1 aliphatic heterocycles. The molecule has 3 aromatic rings. The van der Waals surface area contributed by atoms with Crippen LogP contribution < -0.4 is 10.3 Å². The number of amides is 2. The Bertz CT molecular complexity index is 1190. The van der Waals surface area contributed by atoms with E-state index in [0.717, 1.165) is 5.56 Å². The summed E-state index contributed by atoms with van der Waals surface area (Å²) in [4.78, 5) is 38.3. The molecule has 4 rings (SSSR count). The third kappa shape index (κ3) is 3.68. The number of carbonyl (C=O) groups is 3. The standard InChI is InChI=1S/C22H19N5O4/c1-2-17(22(30)31)27-18-11-7-6-10-14(18)19(21(27)29)25-26-20(28)16-12-15(23-24-16)13-8-4-3-5-9-13/h3-12,17H,2H2,1H3,(H,23,24)(H,26,28)(H,30,31)/b25-19-. The van der Waals surface area contributed by atoms with Gasteiger partial charge in [-0.05, 0) is 18.6 Å². The van der Waals surface area contributed by atoms with Crippen LogP contribution in [0.5, 0.6) is 0 Å². The topological polar surface area (TPSA) is 128 Å². The Labute approximate surface area is 177 Å². The van der Waals surface area contributed by atoms with Gasteiger partial charge in [0.05, 0.1) is 11.4 Å². The molecule has 156 valence electrons. The summed E-state index contributed by atoms with van der Waals surface area (Å²) in [6, 6.07) is 16.7. The predicted molar refractivity (Wildman–Crippen MR) is 114 cm³/mol. The smallest absolute Gasteiger partial charge is 0.326 e. The average molecular weight is 417 g/mol. The molecule has 2 amide bonds. The van der Waals surface area contributed by atoms with Crippen molar-refractivity contribution in [2.24, 2.45) is 5.10 Å². The predicted octanol–water partition coefficient (Wildman–Crippen LogP) is 2.42. The van der Waals surface area contributed by atoms with Crippen molar-refractivity contribution in [3.05, 3.63) is 71.9 Å². The molecule has 3 N–H and O–H groups in total. The second kappa shape index (κ2) is 8.23. The SMILES string of the molecule is CCC(C(=O)O)N1C(=O)/C(=N\NC(=O)c2cc(-c3ccccc3)n[nH]2)c2ccccc21. The van der Waals surface area contributed by atoms with E-state index >= 15 is 0 Å². The van der Waals surface area contributed by atoms with Gasteiger partial charge in [0.25, 0.3) is 11.8 Å². The Hall–Kier alpha value is -4.27. The van der Waals surface area contributed by atoms with Crippen molar-refractivity contribution in [1.82, 2.24) is 15.6 Å². The molecule has 0 saturated heterocycles. The van der Waals surface area contributed by atoms with E-state index < -0.39 is 23.8 Å². The molecule has 2 heterocycles. The highest BCUT2D eigenvalue weighted by atomic mass is 16.4. The van der Waals surface area contributed by atoms with Crippen LogP contribution in [0.2, 0.25) is 0 Å². The highest BCUT2D eigenvalue weighted by molar-refractivity contribution is 6.54. The van der Waals surface area contributed by atoms with E-state index in [1.807, 2.05) is 30.3 Å². The van der Waals surface area contributed by atoms with Gasteiger partial charge in [-0.1, -0.05) is 55.5 Å². The van der Waals surface area contributed by atoms with Crippen LogP contribution in [0.25, 0.3) is 11.3 Å². The molecule has 1 aliphatic rings. The van der Waals surface area contributed by atoms with Crippen molar-refractivity contribution in [3.63, 3.8) is 0 Å². The number of fused-ring (bicyclic) bond motifs is 1. The van der Waals surface area contributed by atoms with Gasteiger partial charge < -0.3 is 5.11 Å². The van der Waals surface area contributed by atoms with Gasteiger partial charge in [0, 0.05) is 11.1 Å². The van der Waals surface area contributed by atoms with E-state index in [1.165, 1.54) is 4.90 Å². The highest BCUT2D eigenvalue weighted by Gasteiger charge is 2.40. The summed E-state index contributed by atoms with van der Waals surface area (Å²) >= 11 is 0. The van der Waals surface area contributed by atoms with Gasteiger partial charge in [-0.2, -0.15) is 10.2 Å². The number of nitrogens with zero attached hydrogens (tertiary/aromatic N) is 3. The minimum Gasteiger partial charge on any atom is -0.480 e. The van der Waals surface area contributed by atoms with E-state index in [1.54, 1.807) is 37.3 Å². The normalized spacial score (nSPS) is 15.1. The Morgan fingerprint density at radius 3 is 2.58 bits per heavy atom. The average Bonchev–Trinajstić information content (AvgIpc) is 3.37. The fourth-order valence-corrected chi connectivity index (χ4v) is 3.47. The van der Waals surface area contributed by atoms with Gasteiger partial charge in [0.15, 0.2) is 5.71 Å². The lowest BCUT2D eigenvalue weighted by molar-refractivity contribution is -0.139. The van der Waals surface area contributed by atoms with Crippen LogP contribution in [0.1, 0.15) is 29.4 Å². The van der Waals surface area contributed by atoms with Crippen LogP contribution >= 0.6 is 0 Å². The number of hydrazone groups is 1. The number of anilines is 1. The molecule has 0 spiro atoms. The fraction of sp³-hybridized carbons (Fsp3) is 0.136. The number of benzene rings is 2. The van der Waals surface area contributed by atoms with Crippen molar-refractivity contribution in [3.8, 4) is 11.3 Å². The minimum atomic E-state index is -1.11. The summed E-state index contributed by atoms with van der Waals surface area (Å²) < 4.78 is 0. The molecule has 1 unspecified atom stereocenters. The number of nitrogens with one attached hydrogen (secondary N) is 2. The fourth-order valence-electron chi connectivity index (χ4n) is 3.47. The van der Waals surface area contributed by atoms with Crippen molar-refractivity contribution in [2.75, 3.05) is 4.90 Å². The maximum atomic E-state index is 13.0. The maximum Gasteiger partial charge on any atom is 0.326 e. The molecule has 1 atom stereocenters. The number of aromatic nitrogens is 2. The quantitative estimate of drug-likeness (QED) is 0.531. The molecule has 0 saturated carbocycles. The number of H-pyrrole nitrogens is 1. The molecular weight excluding hydrogens is 398 g/mol. The minimum absolute atomic E-state index is 0.0218.